The number of hydrogen-bond donors (Lipinski definition) is 0. The van der Waals surface area contributed by atoms with Crippen LogP contribution in [0, 0.1) is 11.3 Å². The van der Waals surface area contributed by atoms with Gasteiger partial charge in [-0.1, -0.05) is 159 Å². The number of rotatable bonds is 4. The zero-order valence-electron chi connectivity index (χ0n) is 30.4. The van der Waals surface area contributed by atoms with E-state index in [0.717, 1.165) is 0 Å². The lowest BCUT2D eigenvalue weighted by molar-refractivity contribution is 0.355. The smallest absolute Gasteiger partial charge is 0.0541 e. The molecular formula is C52H38N2. The van der Waals surface area contributed by atoms with Gasteiger partial charge in [-0.15, -0.1) is 0 Å². The molecule has 2 aromatic heterocycles. The van der Waals surface area contributed by atoms with Crippen LogP contribution in [0.1, 0.15) is 42.0 Å². The van der Waals surface area contributed by atoms with Crippen molar-refractivity contribution in [2.75, 3.05) is 0 Å². The molecule has 2 nitrogen and oxygen atoms in total. The minimum Gasteiger partial charge on any atom is -0.310 e. The number of aromatic nitrogens is 2. The van der Waals surface area contributed by atoms with Crippen LogP contribution in [0.15, 0.2) is 170 Å². The maximum atomic E-state index is 2.64. The maximum Gasteiger partial charge on any atom is 0.0541 e. The third-order valence-corrected chi connectivity index (χ3v) is 13.4. The lowest BCUT2D eigenvalue weighted by Gasteiger charge is -2.34. The summed E-state index contributed by atoms with van der Waals surface area (Å²) < 4.78 is 4.92. The van der Waals surface area contributed by atoms with Crippen molar-refractivity contribution in [2.24, 2.45) is 11.3 Å². The highest BCUT2D eigenvalue weighted by Crippen LogP contribution is 2.81. The van der Waals surface area contributed by atoms with Crippen molar-refractivity contribution >= 4 is 72.2 Å². The molecule has 12 rings (SSSR count). The molecule has 0 amide bonds. The molecule has 3 aliphatic carbocycles. The van der Waals surface area contributed by atoms with Gasteiger partial charge in [0.15, 0.2) is 0 Å². The highest BCUT2D eigenvalue weighted by molar-refractivity contribution is 6.12. The molecule has 0 saturated heterocycles. The lowest BCUT2D eigenvalue weighted by Crippen LogP contribution is -2.30. The van der Waals surface area contributed by atoms with Gasteiger partial charge in [0.2, 0.25) is 0 Å². The highest BCUT2D eigenvalue weighted by atomic mass is 15.0. The van der Waals surface area contributed by atoms with E-state index in [2.05, 4.69) is 205 Å². The molecule has 7 aromatic carbocycles. The van der Waals surface area contributed by atoms with E-state index in [1.54, 1.807) is 0 Å². The van der Waals surface area contributed by atoms with E-state index in [1.165, 1.54) is 88.0 Å². The Kier molecular flexibility index (Phi) is 5.92. The normalized spacial score (nSPS) is 21.0. The Morgan fingerprint density at radius 1 is 0.519 bits per heavy atom. The second-order valence-corrected chi connectivity index (χ2v) is 16.1. The van der Waals surface area contributed by atoms with Crippen LogP contribution in [0.5, 0.6) is 0 Å². The molecule has 1 saturated carbocycles. The van der Waals surface area contributed by atoms with Crippen LogP contribution >= 0.6 is 0 Å². The molecule has 0 radical (unpaired) electrons. The first-order valence-electron chi connectivity index (χ1n) is 19.3. The Morgan fingerprint density at radius 3 is 1.72 bits per heavy atom. The van der Waals surface area contributed by atoms with Crippen LogP contribution in [0.2, 0.25) is 0 Å². The molecule has 3 atom stereocenters. The van der Waals surface area contributed by atoms with E-state index in [-0.39, 0.29) is 10.8 Å². The van der Waals surface area contributed by atoms with Crippen molar-refractivity contribution in [2.45, 2.75) is 25.2 Å². The number of allylic oxidation sites excluding steroid dienone is 4. The zero-order valence-corrected chi connectivity index (χ0v) is 30.4. The summed E-state index contributed by atoms with van der Waals surface area (Å²) in [5.41, 5.74) is 13.1. The van der Waals surface area contributed by atoms with Crippen molar-refractivity contribution in [1.29, 1.82) is 0 Å². The van der Waals surface area contributed by atoms with Crippen LogP contribution in [0.4, 0.5) is 0 Å². The summed E-state index contributed by atoms with van der Waals surface area (Å²) in [7, 11) is 0. The Bertz CT molecular complexity index is 3050. The number of para-hydroxylation sites is 4. The number of hydrogen-bond acceptors (Lipinski definition) is 0. The van der Waals surface area contributed by atoms with Gasteiger partial charge in [-0.25, -0.2) is 0 Å². The number of fused-ring (bicyclic) bond motifs is 10. The van der Waals surface area contributed by atoms with Gasteiger partial charge in [0.05, 0.1) is 27.8 Å². The fraction of sp³-hybridized carbons (Fsp3) is 0.115. The van der Waals surface area contributed by atoms with Crippen LogP contribution in [-0.2, 0) is 5.41 Å². The van der Waals surface area contributed by atoms with Crippen molar-refractivity contribution in [3.8, 4) is 5.69 Å². The van der Waals surface area contributed by atoms with Gasteiger partial charge < -0.3 is 9.13 Å². The maximum absolute atomic E-state index is 2.64. The van der Waals surface area contributed by atoms with Crippen LogP contribution in [0.3, 0.4) is 0 Å². The summed E-state index contributed by atoms with van der Waals surface area (Å²) >= 11 is 0. The summed E-state index contributed by atoms with van der Waals surface area (Å²) in [4.78, 5) is 0. The van der Waals surface area contributed by atoms with Gasteiger partial charge in [0.1, 0.15) is 0 Å². The van der Waals surface area contributed by atoms with E-state index >= 15 is 0 Å². The zero-order chi connectivity index (χ0) is 35.8. The van der Waals surface area contributed by atoms with Crippen LogP contribution in [-0.4, -0.2) is 9.13 Å². The fourth-order valence-electron chi connectivity index (χ4n) is 10.9. The van der Waals surface area contributed by atoms with E-state index in [4.69, 9.17) is 0 Å². The van der Waals surface area contributed by atoms with E-state index in [0.29, 0.717) is 11.8 Å². The van der Waals surface area contributed by atoms with Gasteiger partial charge >= 0.3 is 0 Å². The quantitative estimate of drug-likeness (QED) is 0.163. The molecule has 2 heterocycles. The second kappa shape index (κ2) is 10.6. The van der Waals surface area contributed by atoms with Gasteiger partial charge in [-0.3, -0.25) is 0 Å². The van der Waals surface area contributed by atoms with E-state index in [9.17, 15) is 0 Å². The highest BCUT2D eigenvalue weighted by Gasteiger charge is 2.75. The molecule has 256 valence electrons. The molecule has 9 aromatic rings. The topological polar surface area (TPSA) is 9.86 Å². The summed E-state index contributed by atoms with van der Waals surface area (Å²) in [5.74, 6) is 1.05. The van der Waals surface area contributed by atoms with E-state index in [1.807, 2.05) is 0 Å². The van der Waals surface area contributed by atoms with Crippen molar-refractivity contribution in [3.05, 3.63) is 192 Å². The molecule has 2 heteroatoms. The first-order chi connectivity index (χ1) is 26.5. The molecule has 3 aliphatic rings. The second-order valence-electron chi connectivity index (χ2n) is 16.1. The lowest BCUT2D eigenvalue weighted by atomic mass is 9.70. The Morgan fingerprint density at radius 2 is 1.07 bits per heavy atom. The Labute approximate surface area is 314 Å². The largest absolute Gasteiger partial charge is 0.310 e. The standard InChI is InChI=1S/C52H38N2/c1-51(2)44-31-33(25-27-34-13-11-19-37-36(34)18-12-24-49(37)54-47-22-9-5-16-40(47)41-17-6-10-23-48(41)54)26-29-42(44)50-43-30-28-35(32-52(43,50)51)53-45-20-7-3-14-38(45)39-15-4-8-21-46(39)53/h3-32,43,50H,1-2H3. The number of nitrogens with zero attached hydrogens (tertiary/aromatic N) is 2. The van der Waals surface area contributed by atoms with Crippen molar-refractivity contribution in [3.63, 3.8) is 0 Å². The summed E-state index contributed by atoms with van der Waals surface area (Å²) in [6.45, 7) is 4.97. The fourth-order valence-corrected chi connectivity index (χ4v) is 10.9. The average molecular weight is 691 g/mol. The van der Waals surface area contributed by atoms with Crippen LogP contribution in [0.25, 0.3) is 77.9 Å². The first kappa shape index (κ1) is 30.1. The third kappa shape index (κ3) is 3.80. The minimum absolute atomic E-state index is 0.00700. The minimum atomic E-state index is -0.00700. The molecule has 1 spiro atoms. The Balaban J connectivity index is 0.927. The monoisotopic (exact) mass is 690 g/mol. The predicted molar refractivity (Wildman–Crippen MR) is 228 cm³/mol. The molecule has 54 heavy (non-hydrogen) atoms. The van der Waals surface area contributed by atoms with Crippen molar-refractivity contribution < 1.29 is 0 Å². The SMILES string of the molecule is CC1(C)c2cc(C=Cc3cccc4c(-n5c6ccccc6c6ccccc65)cccc34)ccc2C2C3C=CC(n4c5ccccc5c5ccccc54)=CC321. The Hall–Kier alpha value is -6.38. The molecule has 0 bridgehead atoms. The van der Waals surface area contributed by atoms with Gasteiger partial charge in [0, 0.05) is 49.4 Å². The third-order valence-electron chi connectivity index (χ3n) is 13.4. The first-order valence-corrected chi connectivity index (χ1v) is 19.3. The summed E-state index contributed by atoms with van der Waals surface area (Å²) in [6.07, 6.45) is 12.2. The summed E-state index contributed by atoms with van der Waals surface area (Å²) in [6, 6.07) is 55.9. The predicted octanol–water partition coefficient (Wildman–Crippen LogP) is 13.3. The van der Waals surface area contributed by atoms with Crippen molar-refractivity contribution in [1.82, 2.24) is 9.13 Å². The van der Waals surface area contributed by atoms with Gasteiger partial charge in [0.25, 0.3) is 0 Å². The number of benzene rings is 7. The van der Waals surface area contributed by atoms with Gasteiger partial charge in [-0.05, 0) is 70.0 Å². The molecule has 0 N–H and O–H groups in total. The average Bonchev–Trinajstić information content (AvgIpc) is 3.53. The molecular weight excluding hydrogens is 653 g/mol. The molecule has 0 aliphatic heterocycles. The van der Waals surface area contributed by atoms with E-state index < -0.39 is 0 Å². The van der Waals surface area contributed by atoms with Gasteiger partial charge in [-0.2, -0.15) is 0 Å². The summed E-state index contributed by atoms with van der Waals surface area (Å²) in [5, 5.41) is 7.71. The van der Waals surface area contributed by atoms with Crippen LogP contribution < -0.4 is 0 Å². The molecule has 3 unspecified atom stereocenters. The molecule has 1 fully saturated rings.